The van der Waals surface area contributed by atoms with Crippen molar-refractivity contribution >= 4 is 92.8 Å². The summed E-state index contributed by atoms with van der Waals surface area (Å²) < 4.78 is 50.1. The van der Waals surface area contributed by atoms with E-state index < -0.39 is 51.6 Å². The number of amides is 3. The number of benzene rings is 3. The number of rotatable bonds is 6. The zero-order valence-electron chi connectivity index (χ0n) is 19.5. The molecule has 0 radical (unpaired) electrons. The first-order valence-electron chi connectivity index (χ1n) is 11.0. The molecule has 1 aliphatic carbocycles. The summed E-state index contributed by atoms with van der Waals surface area (Å²) in [7, 11) is 0. The molecule has 1 unspecified atom stereocenters. The standard InChI is InChI=1S/C25H14Cl5F4N3O3/c26-14-5-2-11(36-22(39)20-19(24(20,29)30)10-1-4-15(27)16(28)7-10)8-13(14)21(38)35-12-3-6-17(31)18(9-12)37-23(40)25(32,33)34/h1-9,19-20H,(H,35,38)(H,36,39)(H,37,40)/t19-,20?/m0/s1. The zero-order chi connectivity index (χ0) is 29.6. The highest BCUT2D eigenvalue weighted by Gasteiger charge is 2.67. The van der Waals surface area contributed by atoms with Gasteiger partial charge in [-0.1, -0.05) is 40.9 Å². The lowest BCUT2D eigenvalue weighted by Crippen LogP contribution is -2.30. The summed E-state index contributed by atoms with van der Waals surface area (Å²) in [6, 6.07) is 11.3. The van der Waals surface area contributed by atoms with Crippen LogP contribution >= 0.6 is 58.0 Å². The Morgan fingerprint density at radius 1 is 0.775 bits per heavy atom. The first kappa shape index (κ1) is 30.2. The molecule has 3 amide bonds. The van der Waals surface area contributed by atoms with Gasteiger partial charge in [0.05, 0.1) is 32.2 Å². The first-order valence-corrected chi connectivity index (χ1v) is 12.9. The van der Waals surface area contributed by atoms with Crippen LogP contribution in [0.2, 0.25) is 15.1 Å². The van der Waals surface area contributed by atoms with Gasteiger partial charge in [0.25, 0.3) is 5.91 Å². The Bertz CT molecular complexity index is 1530. The number of halogens is 9. The number of carbonyl (C=O) groups excluding carboxylic acids is 3. The number of anilines is 3. The van der Waals surface area contributed by atoms with E-state index in [1.807, 2.05) is 0 Å². The van der Waals surface area contributed by atoms with Crippen molar-refractivity contribution in [3.05, 3.63) is 86.6 Å². The molecule has 0 saturated heterocycles. The van der Waals surface area contributed by atoms with Crippen LogP contribution in [0.5, 0.6) is 0 Å². The van der Waals surface area contributed by atoms with Crippen molar-refractivity contribution in [3.8, 4) is 0 Å². The van der Waals surface area contributed by atoms with Gasteiger partial charge in [0.1, 0.15) is 10.2 Å². The molecule has 0 heterocycles. The Morgan fingerprint density at radius 3 is 2.05 bits per heavy atom. The highest BCUT2D eigenvalue weighted by atomic mass is 35.5. The van der Waals surface area contributed by atoms with E-state index in [2.05, 4.69) is 10.6 Å². The fourth-order valence-corrected chi connectivity index (χ4v) is 5.20. The van der Waals surface area contributed by atoms with Gasteiger partial charge in [-0.15, -0.1) is 23.2 Å². The SMILES string of the molecule is O=C(Nc1ccc(F)c(NC(=O)C(F)(F)F)c1)c1cc(NC(=O)C2[C@H](c3ccc(Cl)c(Cl)c3)C2(Cl)Cl)ccc1Cl. The summed E-state index contributed by atoms with van der Waals surface area (Å²) in [6.07, 6.45) is -5.25. The normalized spacial score (nSPS) is 17.6. The maximum absolute atomic E-state index is 13.9. The van der Waals surface area contributed by atoms with Crippen LogP contribution < -0.4 is 16.0 Å². The molecule has 0 spiro atoms. The molecule has 1 fully saturated rings. The molecule has 3 aromatic rings. The fraction of sp³-hybridized carbons (Fsp3) is 0.160. The molecule has 210 valence electrons. The van der Waals surface area contributed by atoms with E-state index in [1.54, 1.807) is 18.2 Å². The lowest BCUT2D eigenvalue weighted by molar-refractivity contribution is -0.167. The van der Waals surface area contributed by atoms with Gasteiger partial charge < -0.3 is 16.0 Å². The van der Waals surface area contributed by atoms with Crippen molar-refractivity contribution in [2.45, 2.75) is 16.4 Å². The van der Waals surface area contributed by atoms with Crippen LogP contribution in [0.25, 0.3) is 0 Å². The topological polar surface area (TPSA) is 87.3 Å². The molecule has 4 rings (SSSR count). The highest BCUT2D eigenvalue weighted by Crippen LogP contribution is 2.65. The van der Waals surface area contributed by atoms with Gasteiger partial charge in [-0.05, 0) is 54.1 Å². The molecule has 3 N–H and O–H groups in total. The van der Waals surface area contributed by atoms with E-state index in [1.165, 1.54) is 23.5 Å². The van der Waals surface area contributed by atoms with Crippen LogP contribution in [0.4, 0.5) is 34.6 Å². The number of hydrogen-bond acceptors (Lipinski definition) is 3. The Hall–Kier alpha value is -2.76. The third-order valence-electron chi connectivity index (χ3n) is 5.85. The first-order chi connectivity index (χ1) is 18.6. The van der Waals surface area contributed by atoms with Gasteiger partial charge in [0, 0.05) is 17.3 Å². The smallest absolute Gasteiger partial charge is 0.326 e. The molecule has 2 atom stereocenters. The van der Waals surface area contributed by atoms with Gasteiger partial charge in [0.15, 0.2) is 0 Å². The largest absolute Gasteiger partial charge is 0.471 e. The van der Waals surface area contributed by atoms with Crippen molar-refractivity contribution < 1.29 is 31.9 Å². The Labute approximate surface area is 248 Å². The summed E-state index contributed by atoms with van der Waals surface area (Å²) in [5, 5.41) is 6.89. The number of carbonyl (C=O) groups is 3. The van der Waals surface area contributed by atoms with Crippen molar-refractivity contribution in [1.82, 2.24) is 0 Å². The Kier molecular flexibility index (Phi) is 8.50. The molecular formula is C25H14Cl5F4N3O3. The van der Waals surface area contributed by atoms with Crippen LogP contribution in [0.1, 0.15) is 21.8 Å². The van der Waals surface area contributed by atoms with Gasteiger partial charge in [-0.25, -0.2) is 4.39 Å². The molecule has 15 heteroatoms. The number of hydrogen-bond donors (Lipinski definition) is 3. The second-order valence-electron chi connectivity index (χ2n) is 8.59. The van der Waals surface area contributed by atoms with Crippen LogP contribution in [0, 0.1) is 11.7 Å². The number of alkyl halides is 5. The maximum Gasteiger partial charge on any atom is 0.471 e. The van der Waals surface area contributed by atoms with E-state index in [0.29, 0.717) is 10.6 Å². The minimum Gasteiger partial charge on any atom is -0.326 e. The molecule has 40 heavy (non-hydrogen) atoms. The molecule has 0 bridgehead atoms. The van der Waals surface area contributed by atoms with Gasteiger partial charge >= 0.3 is 12.1 Å². The quantitative estimate of drug-likeness (QED) is 0.185. The molecule has 0 aromatic heterocycles. The third-order valence-corrected chi connectivity index (χ3v) is 7.86. The fourth-order valence-electron chi connectivity index (χ4n) is 3.86. The van der Waals surface area contributed by atoms with E-state index in [0.717, 1.165) is 18.2 Å². The van der Waals surface area contributed by atoms with E-state index in [4.69, 9.17) is 58.0 Å². The van der Waals surface area contributed by atoms with Crippen molar-refractivity contribution in [2.75, 3.05) is 16.0 Å². The average Bonchev–Trinajstić information content (AvgIpc) is 3.45. The van der Waals surface area contributed by atoms with Gasteiger partial charge in [-0.2, -0.15) is 13.2 Å². The third kappa shape index (κ3) is 6.42. The van der Waals surface area contributed by atoms with Crippen molar-refractivity contribution in [3.63, 3.8) is 0 Å². The van der Waals surface area contributed by atoms with Gasteiger partial charge in [0.2, 0.25) is 5.91 Å². The summed E-state index contributed by atoms with van der Waals surface area (Å²) in [6.45, 7) is 0. The lowest BCUT2D eigenvalue weighted by atomic mass is 10.1. The summed E-state index contributed by atoms with van der Waals surface area (Å²) in [5.41, 5.74) is -0.337. The van der Waals surface area contributed by atoms with Crippen LogP contribution in [-0.2, 0) is 9.59 Å². The summed E-state index contributed by atoms with van der Waals surface area (Å²) >= 11 is 30.9. The van der Waals surface area contributed by atoms with Crippen LogP contribution in [-0.4, -0.2) is 28.2 Å². The van der Waals surface area contributed by atoms with E-state index in [9.17, 15) is 31.9 Å². The van der Waals surface area contributed by atoms with E-state index >= 15 is 0 Å². The predicted molar refractivity (Wildman–Crippen MR) is 146 cm³/mol. The maximum atomic E-state index is 13.9. The molecule has 0 aliphatic heterocycles. The Balaban J connectivity index is 1.48. The lowest BCUT2D eigenvalue weighted by Gasteiger charge is -2.12. The minimum atomic E-state index is -5.25. The summed E-state index contributed by atoms with van der Waals surface area (Å²) in [4.78, 5) is 37.0. The van der Waals surface area contributed by atoms with Crippen molar-refractivity contribution in [1.29, 1.82) is 0 Å². The van der Waals surface area contributed by atoms with Gasteiger partial charge in [-0.3, -0.25) is 14.4 Å². The zero-order valence-corrected chi connectivity index (χ0v) is 23.3. The second-order valence-corrected chi connectivity index (χ2v) is 11.3. The van der Waals surface area contributed by atoms with Crippen LogP contribution in [0.15, 0.2) is 54.6 Å². The molecule has 1 saturated carbocycles. The van der Waals surface area contributed by atoms with E-state index in [-0.39, 0.29) is 27.0 Å². The molecule has 1 aliphatic rings. The second kappa shape index (κ2) is 11.3. The van der Waals surface area contributed by atoms with Crippen molar-refractivity contribution in [2.24, 2.45) is 5.92 Å². The molecule has 6 nitrogen and oxygen atoms in total. The minimum absolute atomic E-state index is 0.0349. The molecular weight excluding hydrogens is 644 g/mol. The summed E-state index contributed by atoms with van der Waals surface area (Å²) in [5.74, 6) is -6.41. The highest BCUT2D eigenvalue weighted by molar-refractivity contribution is 6.53. The van der Waals surface area contributed by atoms with Crippen LogP contribution in [0.3, 0.4) is 0 Å². The molecule has 3 aromatic carbocycles. The Morgan fingerprint density at radius 2 is 1.40 bits per heavy atom. The predicted octanol–water partition coefficient (Wildman–Crippen LogP) is 8.07. The monoisotopic (exact) mass is 655 g/mol. The average molecular weight is 658 g/mol. The number of nitrogens with one attached hydrogen (secondary N) is 3.